The van der Waals surface area contributed by atoms with Crippen LogP contribution in [0.25, 0.3) is 0 Å². The molecule has 0 atom stereocenters. The minimum Gasteiger partial charge on any atom is -0.173 e. The van der Waals surface area contributed by atoms with Crippen molar-refractivity contribution < 1.29 is 17.6 Å². The van der Waals surface area contributed by atoms with Gasteiger partial charge in [0, 0.05) is 11.1 Å². The van der Waals surface area contributed by atoms with E-state index in [1.54, 1.807) is 0 Å². The summed E-state index contributed by atoms with van der Waals surface area (Å²) < 4.78 is 46.4. The Morgan fingerprint density at radius 1 is 0.800 bits per heavy atom. The molecule has 0 unspecified atom stereocenters. The van der Waals surface area contributed by atoms with E-state index in [9.17, 15) is 17.6 Å². The Bertz CT molecular complexity index is 182. The van der Waals surface area contributed by atoms with Gasteiger partial charge >= 0.3 is 0 Å². The third kappa shape index (κ3) is 1.05. The zero-order chi connectivity index (χ0) is 7.72. The lowest BCUT2D eigenvalue weighted by Gasteiger charge is -2.18. The number of allylic oxidation sites excluding steroid dienone is 2. The molecule has 0 nitrogen and oxygen atoms in total. The molecule has 1 rings (SSSR count). The van der Waals surface area contributed by atoms with E-state index in [-0.39, 0.29) is 12.8 Å². The van der Waals surface area contributed by atoms with Gasteiger partial charge in [-0.2, -0.15) is 17.6 Å². The highest BCUT2D eigenvalue weighted by Gasteiger charge is 2.25. The Morgan fingerprint density at radius 2 is 1.10 bits per heavy atom. The molecule has 0 saturated heterocycles. The van der Waals surface area contributed by atoms with Gasteiger partial charge in [0.15, 0.2) is 0 Å². The predicted molar refractivity (Wildman–Crippen MR) is 27.7 cm³/mol. The maximum Gasteiger partial charge on any atom is 0.273 e. The van der Waals surface area contributed by atoms with Crippen LogP contribution in [0.2, 0.25) is 0 Å². The van der Waals surface area contributed by atoms with E-state index in [4.69, 9.17) is 0 Å². The van der Waals surface area contributed by atoms with Crippen LogP contribution in [0, 0.1) is 0 Å². The maximum absolute atomic E-state index is 11.6. The van der Waals surface area contributed by atoms with Crippen molar-refractivity contribution in [2.24, 2.45) is 0 Å². The first-order valence-electron chi connectivity index (χ1n) is 2.71. The van der Waals surface area contributed by atoms with Gasteiger partial charge in [0.1, 0.15) is 0 Å². The smallest absolute Gasteiger partial charge is 0.173 e. The number of hydrogen-bond donors (Lipinski definition) is 0. The second kappa shape index (κ2) is 2.44. The standard InChI is InChI=1S/C6H4F4/c7-5(8)3-1-2-4(3)6(9)10/h1-2H2. The highest BCUT2D eigenvalue weighted by molar-refractivity contribution is 5.40. The van der Waals surface area contributed by atoms with Gasteiger partial charge in [0.25, 0.3) is 12.2 Å². The molecule has 0 aromatic heterocycles. The normalized spacial score (nSPS) is 16.8. The third-order valence-corrected chi connectivity index (χ3v) is 1.45. The lowest BCUT2D eigenvalue weighted by molar-refractivity contribution is 0.377. The molecular formula is C6H4F4. The number of rotatable bonds is 0. The van der Waals surface area contributed by atoms with Gasteiger partial charge in [-0.05, 0) is 12.8 Å². The van der Waals surface area contributed by atoms with Gasteiger partial charge in [-0.15, -0.1) is 0 Å². The highest BCUT2D eigenvalue weighted by atomic mass is 19.3. The summed E-state index contributed by atoms with van der Waals surface area (Å²) in [6, 6.07) is 0. The van der Waals surface area contributed by atoms with E-state index in [1.807, 2.05) is 0 Å². The molecule has 0 N–H and O–H groups in total. The van der Waals surface area contributed by atoms with Gasteiger partial charge in [-0.1, -0.05) is 0 Å². The van der Waals surface area contributed by atoms with Gasteiger partial charge in [0.2, 0.25) is 0 Å². The van der Waals surface area contributed by atoms with Crippen LogP contribution in [0.5, 0.6) is 0 Å². The van der Waals surface area contributed by atoms with E-state index in [0.717, 1.165) is 0 Å². The zero-order valence-electron chi connectivity index (χ0n) is 4.93. The molecule has 0 aromatic rings. The predicted octanol–water partition coefficient (Wildman–Crippen LogP) is 3.08. The molecule has 0 aliphatic heterocycles. The molecule has 1 aliphatic rings. The van der Waals surface area contributed by atoms with Crippen molar-refractivity contribution in [3.8, 4) is 0 Å². The van der Waals surface area contributed by atoms with Crippen LogP contribution in [-0.2, 0) is 0 Å². The summed E-state index contributed by atoms with van der Waals surface area (Å²) in [4.78, 5) is 0. The van der Waals surface area contributed by atoms with E-state index in [1.165, 1.54) is 0 Å². The summed E-state index contributed by atoms with van der Waals surface area (Å²) >= 11 is 0. The van der Waals surface area contributed by atoms with Crippen molar-refractivity contribution >= 4 is 0 Å². The first-order valence-corrected chi connectivity index (χ1v) is 2.71. The lowest BCUT2D eigenvalue weighted by Crippen LogP contribution is -2.04. The van der Waals surface area contributed by atoms with E-state index < -0.39 is 23.3 Å². The minimum atomic E-state index is -1.98. The molecule has 0 radical (unpaired) electrons. The van der Waals surface area contributed by atoms with Gasteiger partial charge in [-0.3, -0.25) is 0 Å². The fourth-order valence-electron chi connectivity index (χ4n) is 0.792. The number of halogens is 4. The van der Waals surface area contributed by atoms with Crippen LogP contribution in [-0.4, -0.2) is 0 Å². The van der Waals surface area contributed by atoms with Gasteiger partial charge in [0.05, 0.1) is 0 Å². The zero-order valence-corrected chi connectivity index (χ0v) is 4.93. The van der Waals surface area contributed by atoms with Crippen LogP contribution >= 0.6 is 0 Å². The van der Waals surface area contributed by atoms with Crippen molar-refractivity contribution in [3.05, 3.63) is 23.3 Å². The minimum absolute atomic E-state index is 0.0784. The Kier molecular flexibility index (Phi) is 1.78. The molecule has 10 heavy (non-hydrogen) atoms. The summed E-state index contributed by atoms with van der Waals surface area (Å²) in [7, 11) is 0. The molecular weight excluding hydrogens is 148 g/mol. The monoisotopic (exact) mass is 152 g/mol. The van der Waals surface area contributed by atoms with Crippen LogP contribution in [0.1, 0.15) is 12.8 Å². The Labute approximate surface area is 54.8 Å². The van der Waals surface area contributed by atoms with Crippen LogP contribution in [0.4, 0.5) is 17.6 Å². The van der Waals surface area contributed by atoms with E-state index in [0.29, 0.717) is 0 Å². The van der Waals surface area contributed by atoms with Crippen molar-refractivity contribution in [1.82, 2.24) is 0 Å². The fraction of sp³-hybridized carbons (Fsp3) is 0.333. The maximum atomic E-state index is 11.6. The second-order valence-electron chi connectivity index (χ2n) is 1.98. The summed E-state index contributed by atoms with van der Waals surface area (Å²) in [5.41, 5.74) is -0.944. The molecule has 0 aromatic carbocycles. The molecule has 1 aliphatic carbocycles. The molecule has 0 amide bonds. The largest absolute Gasteiger partial charge is 0.273 e. The first kappa shape index (κ1) is 7.31. The molecule has 0 spiro atoms. The van der Waals surface area contributed by atoms with Crippen molar-refractivity contribution in [1.29, 1.82) is 0 Å². The molecule has 0 heterocycles. The quantitative estimate of drug-likeness (QED) is 0.468. The van der Waals surface area contributed by atoms with Crippen LogP contribution in [0.3, 0.4) is 0 Å². The average molecular weight is 152 g/mol. The summed E-state index contributed by atoms with van der Waals surface area (Å²) in [6.45, 7) is 0. The molecule has 0 bridgehead atoms. The van der Waals surface area contributed by atoms with Gasteiger partial charge < -0.3 is 0 Å². The Morgan fingerprint density at radius 3 is 1.20 bits per heavy atom. The second-order valence-corrected chi connectivity index (χ2v) is 1.98. The molecule has 1 fully saturated rings. The summed E-state index contributed by atoms with van der Waals surface area (Å²) in [5, 5.41) is 0. The lowest BCUT2D eigenvalue weighted by atomic mass is 9.87. The van der Waals surface area contributed by atoms with Crippen LogP contribution < -0.4 is 0 Å². The number of hydrogen-bond acceptors (Lipinski definition) is 0. The summed E-state index contributed by atoms with van der Waals surface area (Å²) in [6.07, 6.45) is -3.80. The van der Waals surface area contributed by atoms with E-state index >= 15 is 0 Å². The Balaban J connectivity index is 2.89. The third-order valence-electron chi connectivity index (χ3n) is 1.45. The highest BCUT2D eigenvalue weighted by Crippen LogP contribution is 2.38. The van der Waals surface area contributed by atoms with Crippen molar-refractivity contribution in [3.63, 3.8) is 0 Å². The average Bonchev–Trinajstić information content (AvgIpc) is 1.56. The topological polar surface area (TPSA) is 0 Å². The van der Waals surface area contributed by atoms with Crippen molar-refractivity contribution in [2.75, 3.05) is 0 Å². The summed E-state index contributed by atoms with van der Waals surface area (Å²) in [5.74, 6) is 0. The first-order chi connectivity index (χ1) is 4.63. The van der Waals surface area contributed by atoms with E-state index in [2.05, 4.69) is 0 Å². The molecule has 4 heteroatoms. The van der Waals surface area contributed by atoms with Crippen molar-refractivity contribution in [2.45, 2.75) is 12.8 Å². The molecule has 1 saturated carbocycles. The fourth-order valence-corrected chi connectivity index (χ4v) is 0.792. The van der Waals surface area contributed by atoms with Gasteiger partial charge in [-0.25, -0.2) is 0 Å². The Hall–Kier alpha value is -0.800. The van der Waals surface area contributed by atoms with Crippen LogP contribution in [0.15, 0.2) is 23.3 Å². The molecule has 56 valence electrons. The SMILES string of the molecule is FC(F)=C1CCC1=C(F)F.